The van der Waals surface area contributed by atoms with Gasteiger partial charge in [-0.3, -0.25) is 9.78 Å². The van der Waals surface area contributed by atoms with E-state index in [1.165, 1.54) is 23.1 Å². The average Bonchev–Trinajstić information content (AvgIpc) is 3.40. The minimum Gasteiger partial charge on any atom is -0.349 e. The Morgan fingerprint density at radius 1 is 1.26 bits per heavy atom. The fourth-order valence-electron chi connectivity index (χ4n) is 3.37. The van der Waals surface area contributed by atoms with Crippen LogP contribution < -0.4 is 10.6 Å². The molecule has 3 amide bonds. The SMILES string of the molecule is O=C(CN1C(=O)Nc2ccc(F)cc2C12CC2)NCc1ncc(F)cc1F.[HH].[HH]. The highest BCUT2D eigenvalue weighted by molar-refractivity contribution is 5.96. The van der Waals surface area contributed by atoms with Gasteiger partial charge in [-0.05, 0) is 31.0 Å². The number of anilines is 1. The number of hydrogen-bond donors (Lipinski definition) is 2. The Bertz CT molecular complexity index is 957. The number of benzene rings is 1. The molecule has 2 aliphatic rings. The van der Waals surface area contributed by atoms with Crippen molar-refractivity contribution < 1.29 is 25.6 Å². The first-order chi connectivity index (χ1) is 12.9. The number of pyridine rings is 1. The fraction of sp³-hybridized carbons (Fsp3) is 0.278. The molecule has 1 aromatic carbocycles. The molecule has 1 aliphatic heterocycles. The summed E-state index contributed by atoms with van der Waals surface area (Å²) in [6.45, 7) is -0.511. The molecule has 1 saturated carbocycles. The van der Waals surface area contributed by atoms with E-state index in [2.05, 4.69) is 15.6 Å². The van der Waals surface area contributed by atoms with Gasteiger partial charge in [0.25, 0.3) is 0 Å². The molecule has 1 fully saturated rings. The van der Waals surface area contributed by atoms with Crippen LogP contribution in [0.25, 0.3) is 0 Å². The van der Waals surface area contributed by atoms with Gasteiger partial charge in [0.05, 0.1) is 24.0 Å². The first-order valence-corrected chi connectivity index (χ1v) is 8.34. The van der Waals surface area contributed by atoms with Gasteiger partial charge in [-0.2, -0.15) is 0 Å². The summed E-state index contributed by atoms with van der Waals surface area (Å²) in [5.41, 5.74) is 0.368. The van der Waals surface area contributed by atoms with Gasteiger partial charge in [-0.15, -0.1) is 0 Å². The number of halogens is 3. The molecule has 0 saturated heterocycles. The van der Waals surface area contributed by atoms with Crippen molar-refractivity contribution in [3.8, 4) is 0 Å². The number of nitrogens with one attached hydrogen (secondary N) is 2. The van der Waals surface area contributed by atoms with Crippen LogP contribution in [0.3, 0.4) is 0 Å². The van der Waals surface area contributed by atoms with Gasteiger partial charge in [0.15, 0.2) is 0 Å². The van der Waals surface area contributed by atoms with Crippen LogP contribution in [0, 0.1) is 17.5 Å². The maximum absolute atomic E-state index is 13.6. The summed E-state index contributed by atoms with van der Waals surface area (Å²) in [7, 11) is 0. The normalized spacial score (nSPS) is 16.7. The summed E-state index contributed by atoms with van der Waals surface area (Å²) < 4.78 is 40.1. The number of fused-ring (bicyclic) bond motifs is 2. The standard InChI is InChI=1S/C18H15F3N4O2.2H2/c19-10-1-2-14-12(5-10)18(3-4-18)25(17(27)24-14)9-16(26)23-8-15-13(21)6-11(20)7-22-15;;/h1-2,5-7H,3-4,8-9H2,(H,23,26)(H,24,27);2*1H. The van der Waals surface area contributed by atoms with Crippen molar-refractivity contribution >= 4 is 17.6 Å². The Morgan fingerprint density at radius 2 is 2.04 bits per heavy atom. The Morgan fingerprint density at radius 3 is 2.74 bits per heavy atom. The minimum absolute atomic E-state index is 0. The molecule has 0 bridgehead atoms. The Kier molecular flexibility index (Phi) is 4.01. The van der Waals surface area contributed by atoms with Crippen molar-refractivity contribution in [1.29, 1.82) is 0 Å². The van der Waals surface area contributed by atoms with Crippen LogP contribution >= 0.6 is 0 Å². The lowest BCUT2D eigenvalue weighted by atomic mass is 9.98. The number of nitrogens with zero attached hydrogens (tertiary/aromatic N) is 2. The number of urea groups is 1. The smallest absolute Gasteiger partial charge is 0.323 e. The maximum Gasteiger partial charge on any atom is 0.323 e. The lowest BCUT2D eigenvalue weighted by Crippen LogP contribution is -2.51. The Hall–Kier alpha value is -3.10. The second kappa shape index (κ2) is 6.26. The average molecular weight is 380 g/mol. The number of hydrogen-bond acceptors (Lipinski definition) is 3. The van der Waals surface area contributed by atoms with E-state index < -0.39 is 34.9 Å². The van der Waals surface area contributed by atoms with Gasteiger partial charge in [0.1, 0.15) is 24.0 Å². The Labute approximate surface area is 155 Å². The lowest BCUT2D eigenvalue weighted by Gasteiger charge is -2.37. The number of aromatic nitrogens is 1. The predicted molar refractivity (Wildman–Crippen MR) is 93.3 cm³/mol. The van der Waals surface area contributed by atoms with Crippen LogP contribution in [0.2, 0.25) is 0 Å². The lowest BCUT2D eigenvalue weighted by molar-refractivity contribution is -0.122. The third-order valence-electron chi connectivity index (χ3n) is 4.85. The molecule has 2 aromatic rings. The largest absolute Gasteiger partial charge is 0.349 e. The molecule has 2 heterocycles. The summed E-state index contributed by atoms with van der Waals surface area (Å²) >= 11 is 0. The van der Waals surface area contributed by atoms with Crippen LogP contribution in [0.4, 0.5) is 23.7 Å². The van der Waals surface area contributed by atoms with Crippen LogP contribution in [0.1, 0.15) is 27.0 Å². The van der Waals surface area contributed by atoms with Gasteiger partial charge in [0, 0.05) is 20.2 Å². The van der Waals surface area contributed by atoms with Gasteiger partial charge in [-0.25, -0.2) is 18.0 Å². The van der Waals surface area contributed by atoms with Gasteiger partial charge < -0.3 is 15.5 Å². The second-order valence-corrected chi connectivity index (χ2v) is 6.60. The van der Waals surface area contributed by atoms with Crippen molar-refractivity contribution in [2.24, 2.45) is 0 Å². The molecule has 0 atom stereocenters. The van der Waals surface area contributed by atoms with E-state index in [9.17, 15) is 22.8 Å². The number of carbonyl (C=O) groups is 2. The van der Waals surface area contributed by atoms with Crippen molar-refractivity contribution in [2.75, 3.05) is 11.9 Å². The molecule has 1 aromatic heterocycles. The molecule has 9 heteroatoms. The molecule has 144 valence electrons. The molecular formula is C18H19F3N4O2. The summed E-state index contributed by atoms with van der Waals surface area (Å²) in [4.78, 5) is 29.6. The van der Waals surface area contributed by atoms with Crippen LogP contribution in [-0.2, 0) is 16.9 Å². The van der Waals surface area contributed by atoms with E-state index in [4.69, 9.17) is 0 Å². The van der Waals surface area contributed by atoms with E-state index in [1.54, 1.807) is 0 Å². The molecule has 0 unspecified atom stereocenters. The second-order valence-electron chi connectivity index (χ2n) is 6.60. The van der Waals surface area contributed by atoms with Gasteiger partial charge >= 0.3 is 6.03 Å². The molecular weight excluding hydrogens is 361 g/mol. The van der Waals surface area contributed by atoms with Gasteiger partial charge in [0.2, 0.25) is 5.91 Å². The highest BCUT2D eigenvalue weighted by Gasteiger charge is 2.55. The molecule has 1 aliphatic carbocycles. The summed E-state index contributed by atoms with van der Waals surface area (Å²) in [6.07, 6.45) is 2.10. The first kappa shape index (κ1) is 17.3. The molecule has 27 heavy (non-hydrogen) atoms. The number of rotatable bonds is 4. The quantitative estimate of drug-likeness (QED) is 0.856. The molecule has 2 N–H and O–H groups in total. The molecule has 0 radical (unpaired) electrons. The third kappa shape index (κ3) is 3.09. The topological polar surface area (TPSA) is 74.3 Å². The third-order valence-corrected chi connectivity index (χ3v) is 4.85. The zero-order chi connectivity index (χ0) is 19.2. The predicted octanol–water partition coefficient (Wildman–Crippen LogP) is 3.14. The van der Waals surface area contributed by atoms with E-state index in [1.807, 2.05) is 0 Å². The van der Waals surface area contributed by atoms with Crippen molar-refractivity contribution in [3.63, 3.8) is 0 Å². The molecule has 4 rings (SSSR count). The van der Waals surface area contributed by atoms with E-state index in [-0.39, 0.29) is 21.6 Å². The molecule has 1 spiro atoms. The number of carbonyl (C=O) groups excluding carboxylic acids is 2. The molecule has 6 nitrogen and oxygen atoms in total. The van der Waals surface area contributed by atoms with Crippen molar-refractivity contribution in [1.82, 2.24) is 15.2 Å². The summed E-state index contributed by atoms with van der Waals surface area (Å²) in [5, 5.41) is 5.12. The first-order valence-electron chi connectivity index (χ1n) is 8.34. The van der Waals surface area contributed by atoms with Crippen molar-refractivity contribution in [2.45, 2.75) is 24.9 Å². The highest BCUT2D eigenvalue weighted by atomic mass is 19.1. The maximum atomic E-state index is 13.6. The van der Waals surface area contributed by atoms with Crippen LogP contribution in [0.5, 0.6) is 0 Å². The van der Waals surface area contributed by atoms with Crippen molar-refractivity contribution in [3.05, 3.63) is 59.2 Å². The zero-order valence-electron chi connectivity index (χ0n) is 14.1. The Balaban J connectivity index is 0.00000150. The van der Waals surface area contributed by atoms with E-state index >= 15 is 0 Å². The zero-order valence-corrected chi connectivity index (χ0v) is 14.1. The van der Waals surface area contributed by atoms with Gasteiger partial charge in [-0.1, -0.05) is 0 Å². The summed E-state index contributed by atoms with van der Waals surface area (Å²) in [6, 6.07) is 4.36. The summed E-state index contributed by atoms with van der Waals surface area (Å²) in [5.74, 6) is -2.62. The van der Waals surface area contributed by atoms with E-state index in [0.717, 1.165) is 6.20 Å². The van der Waals surface area contributed by atoms with E-state index in [0.29, 0.717) is 30.2 Å². The fourth-order valence-corrected chi connectivity index (χ4v) is 3.37. The minimum atomic E-state index is -0.867. The number of amides is 3. The van der Waals surface area contributed by atoms with Crippen LogP contribution in [-0.4, -0.2) is 28.4 Å². The highest BCUT2D eigenvalue weighted by Crippen LogP contribution is 2.55. The van der Waals surface area contributed by atoms with Crippen LogP contribution in [0.15, 0.2) is 30.5 Å². The monoisotopic (exact) mass is 380 g/mol.